The van der Waals surface area contributed by atoms with Crippen molar-refractivity contribution in [2.75, 3.05) is 13.1 Å². The number of carboxylic acids is 1. The number of nitrogens with zero attached hydrogens (tertiary/aromatic N) is 2. The molecule has 0 bridgehead atoms. The van der Waals surface area contributed by atoms with Gasteiger partial charge in [-0.3, -0.25) is 14.4 Å². The largest absolute Gasteiger partial charge is 0.481 e. The van der Waals surface area contributed by atoms with Gasteiger partial charge in [0.2, 0.25) is 5.91 Å². The second-order valence-electron chi connectivity index (χ2n) is 6.13. The maximum Gasteiger partial charge on any atom is 0.421 e. The quantitative estimate of drug-likeness (QED) is 0.871. The minimum absolute atomic E-state index is 0.0137. The van der Waals surface area contributed by atoms with E-state index in [1.807, 2.05) is 0 Å². The summed E-state index contributed by atoms with van der Waals surface area (Å²) >= 11 is 0. The van der Waals surface area contributed by atoms with E-state index in [1.54, 1.807) is 0 Å². The number of rotatable bonds is 5. The second-order valence-corrected chi connectivity index (χ2v) is 6.13. The molecule has 2 heterocycles. The lowest BCUT2D eigenvalue weighted by Crippen LogP contribution is -2.43. The summed E-state index contributed by atoms with van der Waals surface area (Å²) in [5.74, 6) is -1.30. The molecule has 1 aromatic rings. The smallest absolute Gasteiger partial charge is 0.421 e. The fourth-order valence-electron chi connectivity index (χ4n) is 2.98. The van der Waals surface area contributed by atoms with Crippen LogP contribution in [0.25, 0.3) is 0 Å². The zero-order valence-electron chi connectivity index (χ0n) is 13.5. The Bertz CT molecular complexity index is 699. The van der Waals surface area contributed by atoms with Crippen molar-refractivity contribution in [3.8, 4) is 0 Å². The Balaban J connectivity index is 2.05. The van der Waals surface area contributed by atoms with Crippen LogP contribution in [0.1, 0.15) is 31.2 Å². The first-order valence-corrected chi connectivity index (χ1v) is 7.94. The predicted octanol–water partition coefficient (Wildman–Crippen LogP) is 1.97. The molecule has 0 aliphatic carbocycles. The SMILES string of the molecule is O=C(O)CC[C@H]1CCCN(C(=O)Cn2cccc(C(F)(F)F)c2=O)C1. The van der Waals surface area contributed by atoms with Crippen LogP contribution in [0.3, 0.4) is 0 Å². The summed E-state index contributed by atoms with van der Waals surface area (Å²) in [4.78, 5) is 36.3. The molecule has 1 fully saturated rings. The first kappa shape index (κ1) is 19.0. The summed E-state index contributed by atoms with van der Waals surface area (Å²) in [5, 5.41) is 8.73. The number of halogens is 3. The molecule has 138 valence electrons. The summed E-state index contributed by atoms with van der Waals surface area (Å²) in [7, 11) is 0. The van der Waals surface area contributed by atoms with Crippen molar-refractivity contribution in [1.29, 1.82) is 0 Å². The number of carbonyl (C=O) groups excluding carboxylic acids is 1. The van der Waals surface area contributed by atoms with Crippen molar-refractivity contribution in [3.05, 3.63) is 34.2 Å². The van der Waals surface area contributed by atoms with Crippen molar-refractivity contribution in [3.63, 3.8) is 0 Å². The minimum atomic E-state index is -4.77. The van der Waals surface area contributed by atoms with Crippen molar-refractivity contribution < 1.29 is 27.9 Å². The molecular formula is C16H19F3N2O4. The van der Waals surface area contributed by atoms with Gasteiger partial charge in [-0.2, -0.15) is 13.2 Å². The zero-order chi connectivity index (χ0) is 18.6. The molecule has 2 rings (SSSR count). The molecule has 0 aromatic carbocycles. The average molecular weight is 360 g/mol. The van der Waals surface area contributed by atoms with Crippen molar-refractivity contribution in [2.45, 2.75) is 38.4 Å². The number of hydrogen-bond acceptors (Lipinski definition) is 3. The van der Waals surface area contributed by atoms with E-state index in [-0.39, 0.29) is 12.3 Å². The fraction of sp³-hybridized carbons (Fsp3) is 0.562. The van der Waals surface area contributed by atoms with Gasteiger partial charge in [0.25, 0.3) is 5.56 Å². The lowest BCUT2D eigenvalue weighted by molar-refractivity contribution is -0.140. The van der Waals surface area contributed by atoms with E-state index in [1.165, 1.54) is 4.90 Å². The van der Waals surface area contributed by atoms with E-state index in [0.29, 0.717) is 32.0 Å². The third-order valence-corrected chi connectivity index (χ3v) is 4.27. The van der Waals surface area contributed by atoms with Crippen LogP contribution in [0.5, 0.6) is 0 Å². The number of aromatic nitrogens is 1. The predicted molar refractivity (Wildman–Crippen MR) is 81.9 cm³/mol. The molecule has 0 saturated carbocycles. The second kappa shape index (κ2) is 7.71. The molecule has 0 spiro atoms. The molecule has 0 unspecified atom stereocenters. The highest BCUT2D eigenvalue weighted by atomic mass is 19.4. The molecular weight excluding hydrogens is 341 g/mol. The van der Waals surface area contributed by atoms with E-state index in [9.17, 15) is 27.6 Å². The highest BCUT2D eigenvalue weighted by molar-refractivity contribution is 5.76. The Morgan fingerprint density at radius 3 is 2.68 bits per heavy atom. The van der Waals surface area contributed by atoms with Gasteiger partial charge in [0.15, 0.2) is 0 Å². The minimum Gasteiger partial charge on any atom is -0.481 e. The third kappa shape index (κ3) is 5.07. The number of carbonyl (C=O) groups is 2. The Morgan fingerprint density at radius 2 is 2.04 bits per heavy atom. The van der Waals surface area contributed by atoms with Crippen LogP contribution in [0.4, 0.5) is 13.2 Å². The van der Waals surface area contributed by atoms with E-state index < -0.39 is 35.7 Å². The van der Waals surface area contributed by atoms with Crippen LogP contribution in [-0.2, 0) is 22.3 Å². The molecule has 9 heteroatoms. The standard InChI is InChI=1S/C16H19F3N2O4/c17-16(18,19)12-4-2-8-21(15(12)25)10-13(22)20-7-1-3-11(9-20)5-6-14(23)24/h2,4,8,11H,1,3,5-7,9-10H2,(H,23,24)/t11-/m1/s1. The Labute approximate surface area is 141 Å². The highest BCUT2D eigenvalue weighted by Gasteiger charge is 2.34. The molecule has 0 radical (unpaired) electrons. The van der Waals surface area contributed by atoms with Crippen LogP contribution >= 0.6 is 0 Å². The maximum absolute atomic E-state index is 12.8. The molecule has 1 atom stereocenters. The van der Waals surface area contributed by atoms with E-state index in [4.69, 9.17) is 5.11 Å². The van der Waals surface area contributed by atoms with Gasteiger partial charge >= 0.3 is 12.1 Å². The first-order chi connectivity index (χ1) is 11.7. The summed E-state index contributed by atoms with van der Waals surface area (Å²) in [6.07, 6.45) is -1.64. The van der Waals surface area contributed by atoms with Gasteiger partial charge in [-0.15, -0.1) is 0 Å². The van der Waals surface area contributed by atoms with Crippen molar-refractivity contribution in [2.24, 2.45) is 5.92 Å². The summed E-state index contributed by atoms with van der Waals surface area (Å²) in [5.41, 5.74) is -2.55. The number of aliphatic carboxylic acids is 1. The number of amides is 1. The summed E-state index contributed by atoms with van der Waals surface area (Å²) in [6.45, 7) is 0.352. The molecule has 6 nitrogen and oxygen atoms in total. The topological polar surface area (TPSA) is 79.6 Å². The van der Waals surface area contributed by atoms with Gasteiger partial charge in [0.1, 0.15) is 12.1 Å². The first-order valence-electron chi connectivity index (χ1n) is 7.94. The Morgan fingerprint density at radius 1 is 1.32 bits per heavy atom. The molecule has 1 aliphatic heterocycles. The third-order valence-electron chi connectivity index (χ3n) is 4.27. The van der Waals surface area contributed by atoms with E-state index >= 15 is 0 Å². The maximum atomic E-state index is 12.8. The number of carboxylic acid groups (broad SMARTS) is 1. The number of likely N-dealkylation sites (tertiary alicyclic amines) is 1. The van der Waals surface area contributed by atoms with Gasteiger partial charge in [0, 0.05) is 25.7 Å². The van der Waals surface area contributed by atoms with Gasteiger partial charge in [-0.1, -0.05) is 0 Å². The monoisotopic (exact) mass is 360 g/mol. The number of pyridine rings is 1. The number of hydrogen-bond donors (Lipinski definition) is 1. The number of alkyl halides is 3. The summed E-state index contributed by atoms with van der Waals surface area (Å²) < 4.78 is 39.1. The molecule has 1 aromatic heterocycles. The van der Waals surface area contributed by atoms with Gasteiger partial charge in [-0.25, -0.2) is 0 Å². The molecule has 1 saturated heterocycles. The van der Waals surface area contributed by atoms with E-state index in [0.717, 1.165) is 23.3 Å². The van der Waals surface area contributed by atoms with E-state index in [2.05, 4.69) is 0 Å². The number of piperidine rings is 1. The van der Waals surface area contributed by atoms with Gasteiger partial charge < -0.3 is 14.6 Å². The molecule has 1 aliphatic rings. The lowest BCUT2D eigenvalue weighted by Gasteiger charge is -2.32. The Hall–Kier alpha value is -2.32. The van der Waals surface area contributed by atoms with Crippen LogP contribution in [0, 0.1) is 5.92 Å². The Kier molecular flexibility index (Phi) is 5.86. The molecule has 1 N–H and O–H groups in total. The average Bonchev–Trinajstić information content (AvgIpc) is 2.54. The van der Waals surface area contributed by atoms with Gasteiger partial charge in [0.05, 0.1) is 0 Å². The van der Waals surface area contributed by atoms with Gasteiger partial charge in [-0.05, 0) is 37.3 Å². The zero-order valence-corrected chi connectivity index (χ0v) is 13.5. The molecule has 1 amide bonds. The van der Waals surface area contributed by atoms with Crippen LogP contribution < -0.4 is 5.56 Å². The highest BCUT2D eigenvalue weighted by Crippen LogP contribution is 2.26. The van der Waals surface area contributed by atoms with Crippen LogP contribution in [0.15, 0.2) is 23.1 Å². The van der Waals surface area contributed by atoms with Crippen molar-refractivity contribution >= 4 is 11.9 Å². The normalized spacial score (nSPS) is 18.2. The lowest BCUT2D eigenvalue weighted by atomic mass is 9.93. The molecule has 25 heavy (non-hydrogen) atoms. The fourth-order valence-corrected chi connectivity index (χ4v) is 2.98. The summed E-state index contributed by atoms with van der Waals surface area (Å²) in [6, 6.07) is 1.77. The van der Waals surface area contributed by atoms with Crippen LogP contribution in [-0.4, -0.2) is 39.5 Å². The van der Waals surface area contributed by atoms with Crippen LogP contribution in [0.2, 0.25) is 0 Å². The van der Waals surface area contributed by atoms with Crippen molar-refractivity contribution in [1.82, 2.24) is 9.47 Å².